The number of benzene rings is 2. The third kappa shape index (κ3) is 4.11. The summed E-state index contributed by atoms with van der Waals surface area (Å²) in [6, 6.07) is 16.3. The lowest BCUT2D eigenvalue weighted by molar-refractivity contribution is 0.227. The number of rotatable bonds is 5. The zero-order valence-electron chi connectivity index (χ0n) is 15.8. The van der Waals surface area contributed by atoms with Gasteiger partial charge in [-0.15, -0.1) is 10.2 Å². The van der Waals surface area contributed by atoms with Crippen molar-refractivity contribution in [1.82, 2.24) is 15.1 Å². The Morgan fingerprint density at radius 1 is 1.00 bits per heavy atom. The maximum absolute atomic E-state index is 5.85. The van der Waals surface area contributed by atoms with E-state index in [1.807, 2.05) is 24.3 Å². The molecule has 2 heterocycles. The first kappa shape index (κ1) is 17.5. The molecule has 1 aliphatic rings. The van der Waals surface area contributed by atoms with Crippen molar-refractivity contribution in [3.8, 4) is 17.2 Å². The maximum atomic E-state index is 5.85. The monoisotopic (exact) mass is 364 g/mol. The van der Waals surface area contributed by atoms with Crippen LogP contribution in [0.4, 0.5) is 5.69 Å². The Balaban J connectivity index is 1.35. The van der Waals surface area contributed by atoms with Crippen molar-refractivity contribution in [3.63, 3.8) is 0 Å². The predicted molar refractivity (Wildman–Crippen MR) is 105 cm³/mol. The Morgan fingerprint density at radius 3 is 2.48 bits per heavy atom. The number of ether oxygens (including phenoxy) is 1. The van der Waals surface area contributed by atoms with Gasteiger partial charge in [0, 0.05) is 37.4 Å². The number of hydrogen-bond acceptors (Lipinski definition) is 6. The summed E-state index contributed by atoms with van der Waals surface area (Å²) in [6.07, 6.45) is 0. The summed E-state index contributed by atoms with van der Waals surface area (Å²) in [6.45, 7) is 6.79. The van der Waals surface area contributed by atoms with Crippen LogP contribution >= 0.6 is 0 Å². The second-order valence-electron chi connectivity index (χ2n) is 6.83. The fraction of sp³-hybridized carbons (Fsp3) is 0.333. The number of aromatic nitrogens is 2. The molecular formula is C21H24N4O2. The quantitative estimate of drug-likeness (QED) is 0.692. The summed E-state index contributed by atoms with van der Waals surface area (Å²) >= 11 is 0. The van der Waals surface area contributed by atoms with Gasteiger partial charge in [0.05, 0.1) is 13.7 Å². The topological polar surface area (TPSA) is 54.6 Å². The van der Waals surface area contributed by atoms with Crippen LogP contribution in [0.2, 0.25) is 0 Å². The molecule has 0 N–H and O–H groups in total. The Hall–Kier alpha value is -2.86. The number of aryl methyl sites for hydroxylation is 1. The van der Waals surface area contributed by atoms with Crippen LogP contribution in [0.1, 0.15) is 11.5 Å². The first-order valence-electron chi connectivity index (χ1n) is 9.22. The number of nitrogens with zero attached hydrogens (tertiary/aromatic N) is 4. The van der Waals surface area contributed by atoms with E-state index in [2.05, 4.69) is 51.2 Å². The molecule has 2 aromatic carbocycles. The third-order valence-corrected chi connectivity index (χ3v) is 4.90. The molecule has 0 radical (unpaired) electrons. The average molecular weight is 364 g/mol. The molecule has 4 rings (SSSR count). The normalized spacial score (nSPS) is 15.1. The van der Waals surface area contributed by atoms with Crippen molar-refractivity contribution in [2.24, 2.45) is 0 Å². The Morgan fingerprint density at radius 2 is 1.78 bits per heavy atom. The van der Waals surface area contributed by atoms with E-state index in [1.165, 1.54) is 11.3 Å². The van der Waals surface area contributed by atoms with Crippen LogP contribution < -0.4 is 9.64 Å². The molecule has 0 atom stereocenters. The third-order valence-electron chi connectivity index (χ3n) is 4.90. The fourth-order valence-electron chi connectivity index (χ4n) is 3.35. The Labute approximate surface area is 159 Å². The van der Waals surface area contributed by atoms with Crippen LogP contribution in [-0.4, -0.2) is 48.4 Å². The van der Waals surface area contributed by atoms with E-state index in [-0.39, 0.29) is 0 Å². The van der Waals surface area contributed by atoms with Crippen molar-refractivity contribution in [2.45, 2.75) is 13.5 Å². The van der Waals surface area contributed by atoms with E-state index in [0.29, 0.717) is 18.3 Å². The molecule has 0 spiro atoms. The predicted octanol–water partition coefficient (Wildman–Crippen LogP) is 3.38. The molecule has 0 unspecified atom stereocenters. The van der Waals surface area contributed by atoms with Crippen LogP contribution in [0.15, 0.2) is 52.9 Å². The summed E-state index contributed by atoms with van der Waals surface area (Å²) in [5.41, 5.74) is 3.50. The van der Waals surface area contributed by atoms with Crippen molar-refractivity contribution < 1.29 is 9.15 Å². The second-order valence-corrected chi connectivity index (χ2v) is 6.83. The highest BCUT2D eigenvalue weighted by atomic mass is 16.5. The molecule has 6 heteroatoms. The van der Waals surface area contributed by atoms with Crippen LogP contribution in [-0.2, 0) is 6.54 Å². The lowest BCUT2D eigenvalue weighted by atomic mass is 10.2. The minimum atomic E-state index is 0.547. The molecule has 0 bridgehead atoms. The fourth-order valence-corrected chi connectivity index (χ4v) is 3.35. The molecule has 1 fully saturated rings. The molecule has 140 valence electrons. The Bertz CT molecular complexity index is 883. The van der Waals surface area contributed by atoms with Crippen molar-refractivity contribution in [3.05, 3.63) is 60.0 Å². The Kier molecular flexibility index (Phi) is 5.07. The van der Waals surface area contributed by atoms with Gasteiger partial charge in [0.2, 0.25) is 11.8 Å². The number of anilines is 1. The summed E-state index contributed by atoms with van der Waals surface area (Å²) in [4.78, 5) is 4.79. The van der Waals surface area contributed by atoms with Crippen LogP contribution in [0.5, 0.6) is 5.75 Å². The van der Waals surface area contributed by atoms with Crippen molar-refractivity contribution in [2.75, 3.05) is 38.2 Å². The first-order chi connectivity index (χ1) is 13.2. The molecule has 1 aromatic heterocycles. The summed E-state index contributed by atoms with van der Waals surface area (Å²) < 4.78 is 11.0. The summed E-state index contributed by atoms with van der Waals surface area (Å²) in [5, 5.41) is 8.40. The van der Waals surface area contributed by atoms with E-state index >= 15 is 0 Å². The van der Waals surface area contributed by atoms with Gasteiger partial charge in [0.1, 0.15) is 5.75 Å². The first-order valence-corrected chi connectivity index (χ1v) is 9.22. The highest BCUT2D eigenvalue weighted by molar-refractivity contribution is 5.54. The van der Waals surface area contributed by atoms with Crippen LogP contribution in [0.25, 0.3) is 11.5 Å². The molecule has 0 aliphatic carbocycles. The lowest BCUT2D eigenvalue weighted by Crippen LogP contribution is -2.46. The van der Waals surface area contributed by atoms with Gasteiger partial charge in [0.15, 0.2) is 0 Å². The molecule has 1 aliphatic heterocycles. The van der Waals surface area contributed by atoms with E-state index < -0.39 is 0 Å². The van der Waals surface area contributed by atoms with E-state index in [0.717, 1.165) is 37.5 Å². The van der Waals surface area contributed by atoms with Gasteiger partial charge in [-0.2, -0.15) is 0 Å². The van der Waals surface area contributed by atoms with Crippen molar-refractivity contribution in [1.29, 1.82) is 0 Å². The molecule has 3 aromatic rings. The molecule has 0 saturated carbocycles. The van der Waals surface area contributed by atoms with Gasteiger partial charge in [0.25, 0.3) is 0 Å². The molecule has 1 saturated heterocycles. The minimum Gasteiger partial charge on any atom is -0.497 e. The highest BCUT2D eigenvalue weighted by Gasteiger charge is 2.19. The average Bonchev–Trinajstić information content (AvgIpc) is 3.17. The standard InChI is InChI=1S/C21H24N4O2/c1-16-4-3-5-18(14-16)25-12-10-24(11-13-25)15-20-22-23-21(27-20)17-6-8-19(26-2)9-7-17/h3-9,14H,10-13,15H2,1-2H3. The SMILES string of the molecule is COc1ccc(-c2nnc(CN3CCN(c4cccc(C)c4)CC3)o2)cc1. The zero-order valence-corrected chi connectivity index (χ0v) is 15.8. The minimum absolute atomic E-state index is 0.547. The van der Waals surface area contributed by atoms with Crippen molar-refractivity contribution >= 4 is 5.69 Å². The van der Waals surface area contributed by atoms with Gasteiger partial charge >= 0.3 is 0 Å². The molecule has 27 heavy (non-hydrogen) atoms. The van der Waals surface area contributed by atoms with Gasteiger partial charge in [-0.3, -0.25) is 4.90 Å². The lowest BCUT2D eigenvalue weighted by Gasteiger charge is -2.35. The maximum Gasteiger partial charge on any atom is 0.247 e. The molecule has 0 amide bonds. The van der Waals surface area contributed by atoms with E-state index in [9.17, 15) is 0 Å². The number of hydrogen-bond donors (Lipinski definition) is 0. The number of methoxy groups -OCH3 is 1. The highest BCUT2D eigenvalue weighted by Crippen LogP contribution is 2.22. The summed E-state index contributed by atoms with van der Waals surface area (Å²) in [7, 11) is 1.65. The van der Waals surface area contributed by atoms with Gasteiger partial charge in [-0.05, 0) is 48.9 Å². The van der Waals surface area contributed by atoms with Gasteiger partial charge in [-0.1, -0.05) is 12.1 Å². The zero-order chi connectivity index (χ0) is 18.6. The summed E-state index contributed by atoms with van der Waals surface area (Å²) in [5.74, 6) is 2.01. The van der Waals surface area contributed by atoms with Gasteiger partial charge in [-0.25, -0.2) is 0 Å². The second kappa shape index (κ2) is 7.80. The molecule has 6 nitrogen and oxygen atoms in total. The van der Waals surface area contributed by atoms with E-state index in [1.54, 1.807) is 7.11 Å². The van der Waals surface area contributed by atoms with Crippen LogP contribution in [0.3, 0.4) is 0 Å². The van der Waals surface area contributed by atoms with E-state index in [4.69, 9.17) is 9.15 Å². The smallest absolute Gasteiger partial charge is 0.247 e. The molecular weight excluding hydrogens is 340 g/mol. The van der Waals surface area contributed by atoms with Gasteiger partial charge < -0.3 is 14.1 Å². The number of piperazine rings is 1. The largest absolute Gasteiger partial charge is 0.497 e. The van der Waals surface area contributed by atoms with Crippen LogP contribution in [0, 0.1) is 6.92 Å².